The van der Waals surface area contributed by atoms with Crippen LogP contribution < -0.4 is 4.74 Å². The second-order valence-corrected chi connectivity index (χ2v) is 4.89. The summed E-state index contributed by atoms with van der Waals surface area (Å²) in [5, 5.41) is 4.05. The molecular formula is C15H18N2O3. The zero-order valence-electron chi connectivity index (χ0n) is 11.5. The first-order chi connectivity index (χ1) is 9.86. The van der Waals surface area contributed by atoms with E-state index in [9.17, 15) is 0 Å². The van der Waals surface area contributed by atoms with E-state index in [1.54, 1.807) is 0 Å². The van der Waals surface area contributed by atoms with Crippen molar-refractivity contribution in [3.05, 3.63) is 30.1 Å². The molecule has 0 N–H and O–H groups in total. The Hall–Kier alpha value is -1.88. The van der Waals surface area contributed by atoms with Crippen LogP contribution in [0.1, 0.15) is 31.5 Å². The van der Waals surface area contributed by atoms with Gasteiger partial charge < -0.3 is 14.0 Å². The highest BCUT2D eigenvalue weighted by Crippen LogP contribution is 2.26. The molecule has 0 spiro atoms. The van der Waals surface area contributed by atoms with Crippen LogP contribution in [0.25, 0.3) is 11.5 Å². The van der Waals surface area contributed by atoms with Gasteiger partial charge in [-0.2, -0.15) is 4.98 Å². The number of benzene rings is 1. The van der Waals surface area contributed by atoms with Crippen LogP contribution in [0, 0.1) is 0 Å². The van der Waals surface area contributed by atoms with Gasteiger partial charge in [0.25, 0.3) is 5.89 Å². The zero-order chi connectivity index (χ0) is 13.8. The second-order valence-electron chi connectivity index (χ2n) is 4.89. The molecule has 1 atom stereocenters. The molecule has 20 heavy (non-hydrogen) atoms. The molecule has 1 aliphatic rings. The van der Waals surface area contributed by atoms with Crippen molar-refractivity contribution in [2.45, 2.75) is 25.7 Å². The Balaban J connectivity index is 1.72. The van der Waals surface area contributed by atoms with Gasteiger partial charge in [-0.15, -0.1) is 0 Å². The van der Waals surface area contributed by atoms with Gasteiger partial charge in [-0.05, 0) is 37.1 Å². The summed E-state index contributed by atoms with van der Waals surface area (Å²) in [5.74, 6) is 2.41. The molecule has 1 saturated heterocycles. The lowest BCUT2D eigenvalue weighted by atomic mass is 10.1. The van der Waals surface area contributed by atoms with E-state index in [-0.39, 0.29) is 5.92 Å². The normalized spacial score (nSPS) is 18.4. The summed E-state index contributed by atoms with van der Waals surface area (Å²) in [6, 6.07) is 7.72. The smallest absolute Gasteiger partial charge is 0.257 e. The predicted octanol–water partition coefficient (Wildman–Crippen LogP) is 3.03. The summed E-state index contributed by atoms with van der Waals surface area (Å²) in [5.41, 5.74) is 0.909. The van der Waals surface area contributed by atoms with Crippen LogP contribution in [-0.2, 0) is 4.74 Å². The number of rotatable bonds is 5. The van der Waals surface area contributed by atoms with Gasteiger partial charge >= 0.3 is 0 Å². The van der Waals surface area contributed by atoms with E-state index in [0.717, 1.165) is 43.2 Å². The fourth-order valence-corrected chi connectivity index (χ4v) is 2.17. The summed E-state index contributed by atoms with van der Waals surface area (Å²) in [4.78, 5) is 4.46. The molecule has 3 rings (SSSR count). The van der Waals surface area contributed by atoms with E-state index >= 15 is 0 Å². The van der Waals surface area contributed by atoms with Crippen molar-refractivity contribution in [3.8, 4) is 17.2 Å². The lowest BCUT2D eigenvalue weighted by Crippen LogP contribution is -1.99. The summed E-state index contributed by atoms with van der Waals surface area (Å²) >= 11 is 0. The van der Waals surface area contributed by atoms with Crippen LogP contribution in [0.4, 0.5) is 0 Å². The second kappa shape index (κ2) is 6.05. The van der Waals surface area contributed by atoms with E-state index < -0.39 is 0 Å². The summed E-state index contributed by atoms with van der Waals surface area (Å²) in [6.45, 7) is 4.27. The van der Waals surface area contributed by atoms with Gasteiger partial charge in [0.2, 0.25) is 0 Å². The standard InChI is InChI=1S/C15H18N2O3/c1-2-8-19-13-5-3-11(4-6-13)15-16-14(17-20-15)12-7-9-18-10-12/h3-6,12H,2,7-10H2,1H3/t12-/m0/s1. The Morgan fingerprint density at radius 1 is 1.30 bits per heavy atom. The van der Waals surface area contributed by atoms with Gasteiger partial charge in [-0.3, -0.25) is 0 Å². The maximum absolute atomic E-state index is 5.55. The molecule has 0 unspecified atom stereocenters. The largest absolute Gasteiger partial charge is 0.494 e. The lowest BCUT2D eigenvalue weighted by Gasteiger charge is -2.03. The molecule has 5 heteroatoms. The fraction of sp³-hybridized carbons (Fsp3) is 0.467. The Morgan fingerprint density at radius 2 is 2.15 bits per heavy atom. The highest BCUT2D eigenvalue weighted by atomic mass is 16.5. The van der Waals surface area contributed by atoms with Gasteiger partial charge in [0.05, 0.1) is 13.2 Å². The first-order valence-corrected chi connectivity index (χ1v) is 7.01. The van der Waals surface area contributed by atoms with Crippen molar-refractivity contribution in [3.63, 3.8) is 0 Å². The Morgan fingerprint density at radius 3 is 2.85 bits per heavy atom. The molecule has 0 radical (unpaired) electrons. The predicted molar refractivity (Wildman–Crippen MR) is 73.7 cm³/mol. The molecular weight excluding hydrogens is 256 g/mol. The quantitative estimate of drug-likeness (QED) is 0.838. The zero-order valence-corrected chi connectivity index (χ0v) is 11.5. The van der Waals surface area contributed by atoms with E-state index in [1.165, 1.54) is 0 Å². The monoisotopic (exact) mass is 274 g/mol. The third-order valence-electron chi connectivity index (χ3n) is 3.31. The highest BCUT2D eigenvalue weighted by Gasteiger charge is 2.23. The van der Waals surface area contributed by atoms with Crippen molar-refractivity contribution in [1.29, 1.82) is 0 Å². The van der Waals surface area contributed by atoms with Crippen molar-refractivity contribution in [2.24, 2.45) is 0 Å². The number of ether oxygens (including phenoxy) is 2. The van der Waals surface area contributed by atoms with Crippen LogP contribution in [-0.4, -0.2) is 30.0 Å². The van der Waals surface area contributed by atoms with E-state index in [1.807, 2.05) is 24.3 Å². The first kappa shape index (κ1) is 13.1. The van der Waals surface area contributed by atoms with Gasteiger partial charge in [-0.25, -0.2) is 0 Å². The van der Waals surface area contributed by atoms with Crippen molar-refractivity contribution < 1.29 is 14.0 Å². The minimum absolute atomic E-state index is 0.264. The maximum atomic E-state index is 5.55. The molecule has 1 aliphatic heterocycles. The van der Waals surface area contributed by atoms with Crippen LogP contribution >= 0.6 is 0 Å². The third kappa shape index (κ3) is 2.82. The minimum Gasteiger partial charge on any atom is -0.494 e. The molecule has 0 aliphatic carbocycles. The average molecular weight is 274 g/mol. The van der Waals surface area contributed by atoms with Crippen LogP contribution in [0.2, 0.25) is 0 Å². The summed E-state index contributed by atoms with van der Waals surface area (Å²) in [6.07, 6.45) is 1.96. The summed E-state index contributed by atoms with van der Waals surface area (Å²) in [7, 11) is 0. The fourth-order valence-electron chi connectivity index (χ4n) is 2.17. The molecule has 106 valence electrons. The van der Waals surface area contributed by atoms with Gasteiger partial charge in [0.1, 0.15) is 5.75 Å². The molecule has 2 heterocycles. The van der Waals surface area contributed by atoms with Crippen molar-refractivity contribution in [2.75, 3.05) is 19.8 Å². The average Bonchev–Trinajstić information content (AvgIpc) is 3.16. The number of hydrogen-bond donors (Lipinski definition) is 0. The molecule has 0 amide bonds. The Labute approximate surface area is 117 Å². The first-order valence-electron chi connectivity index (χ1n) is 7.01. The van der Waals surface area contributed by atoms with Crippen molar-refractivity contribution in [1.82, 2.24) is 10.1 Å². The van der Waals surface area contributed by atoms with Gasteiger partial charge in [-0.1, -0.05) is 12.1 Å². The Kier molecular flexibility index (Phi) is 3.97. The Bertz CT molecular complexity index is 545. The van der Waals surface area contributed by atoms with Crippen LogP contribution in [0.15, 0.2) is 28.8 Å². The molecule has 2 aromatic rings. The van der Waals surface area contributed by atoms with Gasteiger partial charge in [0, 0.05) is 18.1 Å². The topological polar surface area (TPSA) is 57.4 Å². The third-order valence-corrected chi connectivity index (χ3v) is 3.31. The number of nitrogens with zero attached hydrogens (tertiary/aromatic N) is 2. The minimum atomic E-state index is 0.264. The van der Waals surface area contributed by atoms with E-state index in [2.05, 4.69) is 17.1 Å². The molecule has 1 aromatic heterocycles. The molecule has 1 fully saturated rings. The molecule has 1 aromatic carbocycles. The van der Waals surface area contributed by atoms with Crippen LogP contribution in [0.5, 0.6) is 5.75 Å². The van der Waals surface area contributed by atoms with E-state index in [4.69, 9.17) is 14.0 Å². The molecule has 0 bridgehead atoms. The maximum Gasteiger partial charge on any atom is 0.257 e. The molecule has 5 nitrogen and oxygen atoms in total. The summed E-state index contributed by atoms with van der Waals surface area (Å²) < 4.78 is 16.2. The van der Waals surface area contributed by atoms with Crippen molar-refractivity contribution >= 4 is 0 Å². The number of aromatic nitrogens is 2. The lowest BCUT2D eigenvalue weighted by molar-refractivity contribution is 0.192. The molecule has 0 saturated carbocycles. The highest BCUT2D eigenvalue weighted by molar-refractivity contribution is 5.54. The number of hydrogen-bond acceptors (Lipinski definition) is 5. The van der Waals surface area contributed by atoms with E-state index in [0.29, 0.717) is 12.5 Å². The van der Waals surface area contributed by atoms with Gasteiger partial charge in [0.15, 0.2) is 5.82 Å². The SMILES string of the molecule is CCCOc1ccc(-c2nc([C@H]3CCOC3)no2)cc1. The van der Waals surface area contributed by atoms with Crippen LogP contribution in [0.3, 0.4) is 0 Å².